The average Bonchev–Trinajstić information content (AvgIpc) is 3.69. The fraction of sp³-hybridized carbons (Fsp3) is 0.286. The molecule has 2 fully saturated rings. The number of nitrogens with zero attached hydrogens (tertiary/aromatic N) is 6. The van der Waals surface area contributed by atoms with Crippen molar-refractivity contribution in [3.63, 3.8) is 0 Å². The highest BCUT2D eigenvalue weighted by molar-refractivity contribution is 6.33. The van der Waals surface area contributed by atoms with Crippen LogP contribution in [0.4, 0.5) is 10.2 Å². The van der Waals surface area contributed by atoms with E-state index in [0.29, 0.717) is 37.2 Å². The molecule has 2 atom stereocenters. The zero-order valence-electron chi connectivity index (χ0n) is 21.6. The number of carbonyl (C=O) groups excluding carboxylic acids is 1. The largest absolute Gasteiger partial charge is 0.492 e. The number of H-pyrrole nitrogens is 1. The van der Waals surface area contributed by atoms with Crippen LogP contribution in [0.5, 0.6) is 5.75 Å². The van der Waals surface area contributed by atoms with E-state index in [1.54, 1.807) is 6.20 Å². The molecular formula is C28H26ClFN8O2. The van der Waals surface area contributed by atoms with Gasteiger partial charge >= 0.3 is 0 Å². The quantitative estimate of drug-likeness (QED) is 0.321. The maximum atomic E-state index is 14.2. The van der Waals surface area contributed by atoms with E-state index in [2.05, 4.69) is 31.7 Å². The van der Waals surface area contributed by atoms with Gasteiger partial charge in [0.1, 0.15) is 17.4 Å². The molecular weight excluding hydrogens is 535 g/mol. The Morgan fingerprint density at radius 1 is 1.18 bits per heavy atom. The summed E-state index contributed by atoms with van der Waals surface area (Å²) in [6, 6.07) is 10.4. The van der Waals surface area contributed by atoms with Crippen molar-refractivity contribution in [1.82, 2.24) is 35.2 Å². The van der Waals surface area contributed by atoms with Crippen molar-refractivity contribution in [3.8, 4) is 16.9 Å². The van der Waals surface area contributed by atoms with E-state index in [1.807, 2.05) is 41.0 Å². The van der Waals surface area contributed by atoms with Gasteiger partial charge in [-0.2, -0.15) is 5.10 Å². The fourth-order valence-electron chi connectivity index (χ4n) is 5.92. The van der Waals surface area contributed by atoms with Gasteiger partial charge in [-0.1, -0.05) is 17.7 Å². The van der Waals surface area contributed by atoms with Crippen molar-refractivity contribution in [3.05, 3.63) is 71.4 Å². The van der Waals surface area contributed by atoms with Crippen LogP contribution in [0, 0.1) is 17.7 Å². The van der Waals surface area contributed by atoms with Gasteiger partial charge in [-0.3, -0.25) is 15.3 Å². The number of pyridine rings is 2. The van der Waals surface area contributed by atoms with Crippen LogP contribution in [0.3, 0.4) is 0 Å². The predicted molar refractivity (Wildman–Crippen MR) is 149 cm³/mol. The summed E-state index contributed by atoms with van der Waals surface area (Å²) in [5.41, 5.74) is 6.29. The molecule has 1 amide bonds. The molecule has 0 aliphatic carbocycles. The summed E-state index contributed by atoms with van der Waals surface area (Å²) in [7, 11) is 0. The second kappa shape index (κ2) is 9.76. The van der Waals surface area contributed by atoms with Crippen molar-refractivity contribution >= 4 is 39.9 Å². The number of amides is 1. The van der Waals surface area contributed by atoms with E-state index in [0.717, 1.165) is 46.7 Å². The van der Waals surface area contributed by atoms with Crippen molar-refractivity contribution < 1.29 is 13.9 Å². The molecule has 0 spiro atoms. The molecule has 2 N–H and O–H groups in total. The first kappa shape index (κ1) is 24.8. The highest BCUT2D eigenvalue weighted by Crippen LogP contribution is 2.36. The number of benzene rings is 1. The second-order valence-electron chi connectivity index (χ2n) is 10.2. The highest BCUT2D eigenvalue weighted by atomic mass is 35.5. The van der Waals surface area contributed by atoms with Crippen LogP contribution in [0.1, 0.15) is 17.3 Å². The van der Waals surface area contributed by atoms with Gasteiger partial charge in [-0.05, 0) is 49.1 Å². The average molecular weight is 561 g/mol. The van der Waals surface area contributed by atoms with E-state index >= 15 is 0 Å². The van der Waals surface area contributed by atoms with Crippen LogP contribution >= 0.6 is 11.6 Å². The topological polar surface area (TPSA) is 104 Å². The van der Waals surface area contributed by atoms with Crippen LogP contribution in [0.15, 0.2) is 55.0 Å². The highest BCUT2D eigenvalue weighted by Gasteiger charge is 2.41. The minimum Gasteiger partial charge on any atom is -0.492 e. The van der Waals surface area contributed by atoms with E-state index in [9.17, 15) is 9.18 Å². The van der Waals surface area contributed by atoms with Crippen LogP contribution in [0.25, 0.3) is 27.7 Å². The summed E-state index contributed by atoms with van der Waals surface area (Å²) >= 11 is 6.06. The van der Waals surface area contributed by atoms with Gasteiger partial charge in [-0.15, -0.1) is 5.10 Å². The Kier molecular flexibility index (Phi) is 6.05. The SMILES string of the molecule is CCOc1cc(-c2ccc(N3C[C@H]4CN(NC(=O)c5c(F)cccc5Cl)C[C@H]4C3)nc2)c2c3cn[nH]c3nn2c1. The summed E-state index contributed by atoms with van der Waals surface area (Å²) in [5, 5.41) is 14.6. The molecule has 12 heteroatoms. The number of fused-ring (bicyclic) bond motifs is 4. The fourth-order valence-corrected chi connectivity index (χ4v) is 6.17. The van der Waals surface area contributed by atoms with Crippen LogP contribution < -0.4 is 15.1 Å². The summed E-state index contributed by atoms with van der Waals surface area (Å²) in [5.74, 6) is 1.21. The zero-order chi connectivity index (χ0) is 27.4. The molecule has 5 aromatic rings. The Morgan fingerprint density at radius 3 is 2.73 bits per heavy atom. The molecule has 6 heterocycles. The number of aromatic amines is 1. The number of rotatable bonds is 6. The standard InChI is InChI=1S/C28H26ClFN8O2/c1-2-40-19-8-20(26-21-10-32-33-27(21)34-38(26)15-19)16-6-7-24(31-9-16)36-11-17-13-37(14-18(17)12-36)35-28(39)25-22(29)4-3-5-23(25)30/h3-10,15,17-18H,2,11-14H2,1H3,(H,33,34)(H,35,39)/t17-,18+. The summed E-state index contributed by atoms with van der Waals surface area (Å²) in [4.78, 5) is 19.8. The molecule has 0 unspecified atom stereocenters. The van der Waals surface area contributed by atoms with Gasteiger partial charge in [0.25, 0.3) is 5.91 Å². The molecule has 0 bridgehead atoms. The summed E-state index contributed by atoms with van der Waals surface area (Å²) < 4.78 is 21.8. The zero-order valence-corrected chi connectivity index (χ0v) is 22.4. The van der Waals surface area contributed by atoms with Crippen molar-refractivity contribution in [2.45, 2.75) is 6.92 Å². The van der Waals surface area contributed by atoms with Crippen LogP contribution in [0.2, 0.25) is 5.02 Å². The maximum absolute atomic E-state index is 14.2. The number of aromatic nitrogens is 5. The Morgan fingerprint density at radius 2 is 2.00 bits per heavy atom. The van der Waals surface area contributed by atoms with Gasteiger partial charge in [0.05, 0.1) is 40.5 Å². The number of carbonyl (C=O) groups is 1. The Hall–Kier alpha value is -4.22. The van der Waals surface area contributed by atoms with Crippen LogP contribution in [-0.4, -0.2) is 68.5 Å². The monoisotopic (exact) mass is 560 g/mol. The third-order valence-electron chi connectivity index (χ3n) is 7.73. The Bertz CT molecular complexity index is 1700. The third-order valence-corrected chi connectivity index (χ3v) is 8.05. The molecule has 2 aliphatic rings. The molecule has 204 valence electrons. The lowest BCUT2D eigenvalue weighted by Gasteiger charge is -2.23. The van der Waals surface area contributed by atoms with E-state index < -0.39 is 11.7 Å². The number of halogens is 2. The van der Waals surface area contributed by atoms with Gasteiger partial charge in [-0.25, -0.2) is 18.9 Å². The molecule has 1 aromatic carbocycles. The van der Waals surface area contributed by atoms with Crippen LogP contribution in [-0.2, 0) is 0 Å². The molecule has 4 aromatic heterocycles. The number of hydrazine groups is 1. The van der Waals surface area contributed by atoms with Gasteiger partial charge in [0, 0.05) is 43.5 Å². The van der Waals surface area contributed by atoms with E-state index in [1.165, 1.54) is 18.2 Å². The van der Waals surface area contributed by atoms with Crippen molar-refractivity contribution in [1.29, 1.82) is 0 Å². The third kappa shape index (κ3) is 4.22. The Balaban J connectivity index is 1.06. The van der Waals surface area contributed by atoms with E-state index in [-0.39, 0.29) is 10.6 Å². The minimum atomic E-state index is -0.627. The molecule has 2 aliphatic heterocycles. The van der Waals surface area contributed by atoms with Gasteiger partial charge in [0.15, 0.2) is 5.65 Å². The Labute approximate surface area is 233 Å². The van der Waals surface area contributed by atoms with Gasteiger partial charge in [0.2, 0.25) is 0 Å². The number of hydrogen-bond donors (Lipinski definition) is 2. The molecule has 40 heavy (non-hydrogen) atoms. The molecule has 0 radical (unpaired) electrons. The first-order valence-electron chi connectivity index (χ1n) is 13.2. The number of hydrogen-bond acceptors (Lipinski definition) is 7. The summed E-state index contributed by atoms with van der Waals surface area (Å²) in [6.45, 7) is 5.52. The molecule has 0 saturated carbocycles. The number of ether oxygens (including phenoxy) is 1. The smallest absolute Gasteiger partial charge is 0.270 e. The molecule has 2 saturated heterocycles. The second-order valence-corrected chi connectivity index (χ2v) is 10.6. The normalized spacial score (nSPS) is 19.0. The summed E-state index contributed by atoms with van der Waals surface area (Å²) in [6.07, 6.45) is 5.54. The lowest BCUT2D eigenvalue weighted by atomic mass is 10.0. The predicted octanol–water partition coefficient (Wildman–Crippen LogP) is 4.18. The van der Waals surface area contributed by atoms with Gasteiger partial charge < -0.3 is 9.64 Å². The molecule has 10 nitrogen and oxygen atoms in total. The lowest BCUT2D eigenvalue weighted by molar-refractivity contribution is 0.0812. The lowest BCUT2D eigenvalue weighted by Crippen LogP contribution is -2.42. The molecule has 7 rings (SSSR count). The van der Waals surface area contributed by atoms with Crippen molar-refractivity contribution in [2.24, 2.45) is 11.8 Å². The number of anilines is 1. The van der Waals surface area contributed by atoms with E-state index in [4.69, 9.17) is 21.3 Å². The number of nitrogens with one attached hydrogen (secondary N) is 2. The first-order chi connectivity index (χ1) is 19.5. The minimum absolute atomic E-state index is 0.102. The van der Waals surface area contributed by atoms with Crippen molar-refractivity contribution in [2.75, 3.05) is 37.7 Å². The first-order valence-corrected chi connectivity index (χ1v) is 13.6. The maximum Gasteiger partial charge on any atom is 0.270 e.